The lowest BCUT2D eigenvalue weighted by Crippen LogP contribution is -2.42. The summed E-state index contributed by atoms with van der Waals surface area (Å²) < 4.78 is 45.0. The number of phenols is 1. The summed E-state index contributed by atoms with van der Waals surface area (Å²) in [6.45, 7) is 0. The van der Waals surface area contributed by atoms with E-state index in [4.69, 9.17) is 19.3 Å². The van der Waals surface area contributed by atoms with Crippen molar-refractivity contribution in [2.24, 2.45) is 11.8 Å². The molecular weight excluding hydrogens is 624 g/mol. The van der Waals surface area contributed by atoms with Crippen molar-refractivity contribution in [3.05, 3.63) is 24.8 Å². The predicted octanol–water partition coefficient (Wildman–Crippen LogP) is 2.23. The fraction of sp³-hybridized carbons (Fsp3) is 0.471. The molecule has 4 rings (SSSR count). The summed E-state index contributed by atoms with van der Waals surface area (Å²) in [7, 11) is 0. The number of phenolic OH excluding ortho intramolecular Hbond substituents is 1. The number of carbonyl (C=O) groups is 3. The molecule has 0 radical (unpaired) electrons. The molecule has 3 saturated heterocycles. The first-order valence-corrected chi connectivity index (χ1v) is 10.5. The first-order valence-electron chi connectivity index (χ1n) is 8.38. The number of hydrogen-bond acceptors (Lipinski definition) is 7. The maximum atomic E-state index is 14.5. The molecule has 29 heavy (non-hydrogen) atoms. The SMILES string of the molecule is O=C(OC(c1cc(I)c(O)c(I)c1)C(F)(F)C(=O)O)C1C2CC3OC(=O)C1C3O2. The van der Waals surface area contributed by atoms with Gasteiger partial charge in [-0.3, -0.25) is 9.59 Å². The van der Waals surface area contributed by atoms with Crippen LogP contribution >= 0.6 is 45.2 Å². The number of alkyl halides is 2. The largest absolute Gasteiger partial charge is 0.506 e. The van der Waals surface area contributed by atoms with E-state index < -0.39 is 60.1 Å². The van der Waals surface area contributed by atoms with Crippen molar-refractivity contribution in [3.8, 4) is 5.75 Å². The second-order valence-electron chi connectivity index (χ2n) is 6.98. The van der Waals surface area contributed by atoms with Gasteiger partial charge in [-0.25, -0.2) is 4.79 Å². The van der Waals surface area contributed by atoms with Gasteiger partial charge in [0.05, 0.1) is 19.2 Å². The lowest BCUT2D eigenvalue weighted by atomic mass is 9.80. The lowest BCUT2D eigenvalue weighted by Gasteiger charge is -2.27. The molecule has 0 aromatic heterocycles. The summed E-state index contributed by atoms with van der Waals surface area (Å²) >= 11 is 3.38. The molecule has 3 fully saturated rings. The molecule has 3 heterocycles. The van der Waals surface area contributed by atoms with Crippen molar-refractivity contribution in [1.29, 1.82) is 0 Å². The third-order valence-electron chi connectivity index (χ3n) is 5.31. The van der Waals surface area contributed by atoms with Crippen molar-refractivity contribution in [2.45, 2.75) is 36.8 Å². The Hall–Kier alpha value is -1.29. The molecule has 12 heteroatoms. The molecule has 0 spiro atoms. The molecule has 3 aliphatic rings. The Morgan fingerprint density at radius 2 is 1.86 bits per heavy atom. The van der Waals surface area contributed by atoms with Gasteiger partial charge in [-0.05, 0) is 57.3 Å². The van der Waals surface area contributed by atoms with E-state index in [1.165, 1.54) is 0 Å². The van der Waals surface area contributed by atoms with Crippen LogP contribution < -0.4 is 0 Å². The fourth-order valence-electron chi connectivity index (χ4n) is 4.01. The quantitative estimate of drug-likeness (QED) is 0.374. The van der Waals surface area contributed by atoms with Crippen molar-refractivity contribution in [1.82, 2.24) is 0 Å². The summed E-state index contributed by atoms with van der Waals surface area (Å²) in [5.74, 6) is -11.0. The van der Waals surface area contributed by atoms with Crippen molar-refractivity contribution in [2.75, 3.05) is 0 Å². The van der Waals surface area contributed by atoms with Gasteiger partial charge in [0.2, 0.25) is 6.10 Å². The van der Waals surface area contributed by atoms with E-state index in [1.54, 1.807) is 45.2 Å². The monoisotopic (exact) mass is 636 g/mol. The van der Waals surface area contributed by atoms with Gasteiger partial charge in [-0.1, -0.05) is 0 Å². The molecule has 156 valence electrons. The highest BCUT2D eigenvalue weighted by atomic mass is 127. The van der Waals surface area contributed by atoms with Gasteiger partial charge in [-0.15, -0.1) is 0 Å². The third kappa shape index (κ3) is 3.26. The molecule has 1 aromatic carbocycles. The van der Waals surface area contributed by atoms with Crippen molar-refractivity contribution in [3.63, 3.8) is 0 Å². The van der Waals surface area contributed by atoms with Crippen LogP contribution in [0.15, 0.2) is 12.1 Å². The Bertz CT molecular complexity index is 898. The summed E-state index contributed by atoms with van der Waals surface area (Å²) in [5, 5.41) is 18.9. The minimum Gasteiger partial charge on any atom is -0.506 e. The summed E-state index contributed by atoms with van der Waals surface area (Å²) in [6, 6.07) is 2.23. The van der Waals surface area contributed by atoms with E-state index in [0.717, 1.165) is 12.1 Å². The number of rotatable bonds is 5. The zero-order chi connectivity index (χ0) is 21.2. The molecular formula is C17H12F2I2O8. The zero-order valence-electron chi connectivity index (χ0n) is 14.2. The maximum absolute atomic E-state index is 14.5. The Balaban J connectivity index is 1.67. The zero-order valence-corrected chi connectivity index (χ0v) is 18.5. The number of esters is 2. The lowest BCUT2D eigenvalue weighted by molar-refractivity contribution is -0.198. The minimum atomic E-state index is -4.45. The van der Waals surface area contributed by atoms with Crippen molar-refractivity contribution >= 4 is 63.1 Å². The maximum Gasteiger partial charge on any atom is 0.382 e. The number of carboxylic acids is 1. The first-order chi connectivity index (χ1) is 13.5. The van der Waals surface area contributed by atoms with Gasteiger partial charge in [0, 0.05) is 12.0 Å². The van der Waals surface area contributed by atoms with E-state index in [2.05, 4.69) is 0 Å². The number of halogens is 4. The van der Waals surface area contributed by atoms with Gasteiger partial charge in [-0.2, -0.15) is 8.78 Å². The van der Waals surface area contributed by atoms with Gasteiger partial charge in [0.1, 0.15) is 23.9 Å². The third-order valence-corrected chi connectivity index (χ3v) is 6.95. The van der Waals surface area contributed by atoms with Gasteiger partial charge in [0.25, 0.3) is 0 Å². The summed E-state index contributed by atoms with van der Waals surface area (Å²) in [4.78, 5) is 36.0. The number of aliphatic carboxylic acids is 1. The van der Waals surface area contributed by atoms with Crippen LogP contribution in [0.1, 0.15) is 18.1 Å². The van der Waals surface area contributed by atoms with E-state index in [1.807, 2.05) is 0 Å². The van der Waals surface area contributed by atoms with Crippen LogP contribution in [0.3, 0.4) is 0 Å². The predicted molar refractivity (Wildman–Crippen MR) is 105 cm³/mol. The van der Waals surface area contributed by atoms with Crippen LogP contribution in [0.25, 0.3) is 0 Å². The van der Waals surface area contributed by atoms with E-state index in [9.17, 15) is 28.3 Å². The van der Waals surface area contributed by atoms with Crippen LogP contribution in [0.2, 0.25) is 0 Å². The van der Waals surface area contributed by atoms with Crippen LogP contribution in [0, 0.1) is 19.0 Å². The molecule has 8 nitrogen and oxygen atoms in total. The second kappa shape index (κ2) is 7.14. The fourth-order valence-corrected chi connectivity index (χ4v) is 5.82. The molecule has 0 aliphatic carbocycles. The highest BCUT2D eigenvalue weighted by molar-refractivity contribution is 14.1. The normalized spacial score (nSPS) is 30.9. The van der Waals surface area contributed by atoms with Gasteiger partial charge < -0.3 is 24.4 Å². The number of aromatic hydroxyl groups is 1. The Labute approximate surface area is 189 Å². The molecule has 6 unspecified atom stereocenters. The molecule has 6 atom stereocenters. The van der Waals surface area contributed by atoms with E-state index in [-0.39, 0.29) is 24.9 Å². The number of ether oxygens (including phenoxy) is 3. The average Bonchev–Trinajstić information content (AvgIpc) is 3.25. The smallest absolute Gasteiger partial charge is 0.382 e. The first kappa shape index (κ1) is 21.0. The van der Waals surface area contributed by atoms with Crippen LogP contribution in [0.4, 0.5) is 8.78 Å². The van der Waals surface area contributed by atoms with Crippen LogP contribution in [-0.2, 0) is 28.6 Å². The molecule has 2 bridgehead atoms. The van der Waals surface area contributed by atoms with Gasteiger partial charge >= 0.3 is 23.8 Å². The highest BCUT2D eigenvalue weighted by Crippen LogP contribution is 2.51. The minimum absolute atomic E-state index is 0.167. The molecule has 1 aromatic rings. The van der Waals surface area contributed by atoms with Crippen molar-refractivity contribution < 1.29 is 47.6 Å². The summed E-state index contributed by atoms with van der Waals surface area (Å²) in [6.07, 6.45) is -4.01. The second-order valence-corrected chi connectivity index (χ2v) is 9.30. The number of carboxylic acid groups (broad SMARTS) is 1. The van der Waals surface area contributed by atoms with E-state index in [0.29, 0.717) is 0 Å². The number of hydrogen-bond donors (Lipinski definition) is 2. The van der Waals surface area contributed by atoms with Crippen LogP contribution in [-0.4, -0.2) is 52.4 Å². The average molecular weight is 636 g/mol. The van der Waals surface area contributed by atoms with Crippen LogP contribution in [0.5, 0.6) is 5.75 Å². The molecule has 0 amide bonds. The molecule has 3 aliphatic heterocycles. The number of carbonyl (C=O) groups excluding carboxylic acids is 2. The number of benzene rings is 1. The highest BCUT2D eigenvalue weighted by Gasteiger charge is 2.67. The summed E-state index contributed by atoms with van der Waals surface area (Å²) in [5.41, 5.74) is -0.298. The Morgan fingerprint density at radius 1 is 1.24 bits per heavy atom. The molecule has 0 saturated carbocycles. The Morgan fingerprint density at radius 3 is 2.45 bits per heavy atom. The van der Waals surface area contributed by atoms with E-state index >= 15 is 0 Å². The number of fused-ring (bicyclic) bond motifs is 1. The Kier molecular flexibility index (Phi) is 5.16. The molecule has 2 N–H and O–H groups in total. The van der Waals surface area contributed by atoms with Gasteiger partial charge in [0.15, 0.2) is 0 Å². The standard InChI is InChI=1S/C17H12F2I2O8/c18-17(19,16(25)26)13(4-1-5(20)11(22)6(21)2-4)29-14(23)9-7-3-8-12(27-7)10(9)15(24)28-8/h1-2,7-10,12-13,22H,3H2,(H,25,26). The topological polar surface area (TPSA) is 119 Å².